The highest BCUT2D eigenvalue weighted by molar-refractivity contribution is 8.18. The summed E-state index contributed by atoms with van der Waals surface area (Å²) in [5, 5.41) is 10.9. The Balaban J connectivity index is 1.86. The molecule has 2 aliphatic heterocycles. The molecule has 28 heavy (non-hydrogen) atoms. The predicted molar refractivity (Wildman–Crippen MR) is 101 cm³/mol. The highest BCUT2D eigenvalue weighted by atomic mass is 32.2. The Morgan fingerprint density at radius 1 is 1.36 bits per heavy atom. The molecule has 2 saturated heterocycles. The number of anilines is 1. The molecule has 148 valence electrons. The molecule has 0 N–H and O–H groups in total. The zero-order valence-corrected chi connectivity index (χ0v) is 15.8. The van der Waals surface area contributed by atoms with Crippen molar-refractivity contribution in [1.82, 2.24) is 4.90 Å². The van der Waals surface area contributed by atoms with Gasteiger partial charge >= 0.3 is 5.97 Å². The fourth-order valence-electron chi connectivity index (χ4n) is 2.83. The van der Waals surface area contributed by atoms with E-state index < -0.39 is 28.6 Å². The Hall–Kier alpha value is -2.92. The summed E-state index contributed by atoms with van der Waals surface area (Å²) in [6, 6.07) is 4.62. The zero-order chi connectivity index (χ0) is 20.3. The maximum absolute atomic E-state index is 12.4. The van der Waals surface area contributed by atoms with Crippen molar-refractivity contribution in [2.75, 3.05) is 44.9 Å². The Bertz CT molecular complexity index is 864. The molecule has 11 heteroatoms. The van der Waals surface area contributed by atoms with E-state index in [1.165, 1.54) is 12.1 Å². The number of benzene rings is 1. The van der Waals surface area contributed by atoms with Crippen LogP contribution in [0.2, 0.25) is 0 Å². The number of ether oxygens (including phenoxy) is 2. The number of carbonyl (C=O) groups is 3. The summed E-state index contributed by atoms with van der Waals surface area (Å²) in [6.07, 6.45) is 1.40. The molecule has 0 saturated carbocycles. The molecule has 1 aromatic rings. The largest absolute Gasteiger partial charge is 0.468 e. The molecule has 0 radical (unpaired) electrons. The predicted octanol–water partition coefficient (Wildman–Crippen LogP) is 1.64. The fourth-order valence-corrected chi connectivity index (χ4v) is 3.67. The van der Waals surface area contributed by atoms with Crippen LogP contribution in [0.1, 0.15) is 5.56 Å². The second-order valence-corrected chi connectivity index (χ2v) is 6.94. The molecular formula is C17H17N3O7S. The van der Waals surface area contributed by atoms with Crippen LogP contribution in [0, 0.1) is 10.1 Å². The number of hydrogen-bond donors (Lipinski definition) is 0. The number of amides is 2. The summed E-state index contributed by atoms with van der Waals surface area (Å²) in [5.74, 6) is -1.35. The van der Waals surface area contributed by atoms with Gasteiger partial charge in [0, 0.05) is 19.2 Å². The lowest BCUT2D eigenvalue weighted by Gasteiger charge is -2.28. The van der Waals surface area contributed by atoms with E-state index in [0.717, 1.165) is 12.0 Å². The lowest BCUT2D eigenvalue weighted by Crippen LogP contribution is -2.36. The van der Waals surface area contributed by atoms with E-state index in [1.54, 1.807) is 12.1 Å². The van der Waals surface area contributed by atoms with Gasteiger partial charge in [-0.2, -0.15) is 0 Å². The highest BCUT2D eigenvalue weighted by Gasteiger charge is 2.36. The maximum atomic E-state index is 12.4. The van der Waals surface area contributed by atoms with Gasteiger partial charge < -0.3 is 14.4 Å². The van der Waals surface area contributed by atoms with Gasteiger partial charge in [0.25, 0.3) is 16.8 Å². The van der Waals surface area contributed by atoms with Gasteiger partial charge in [0.1, 0.15) is 12.2 Å². The molecule has 0 aromatic heterocycles. The summed E-state index contributed by atoms with van der Waals surface area (Å²) in [4.78, 5) is 49.4. The van der Waals surface area contributed by atoms with Crippen LogP contribution in [0.15, 0.2) is 23.1 Å². The number of thioether (sulfide) groups is 1. The van der Waals surface area contributed by atoms with Crippen molar-refractivity contribution in [3.8, 4) is 0 Å². The SMILES string of the molecule is COC(=O)CN1C(=O)S/C(=C\c2ccc(N3CCOCC3)c([N+](=O)[O-])c2)C1=O. The van der Waals surface area contributed by atoms with Crippen molar-refractivity contribution in [2.45, 2.75) is 0 Å². The number of esters is 1. The molecular weight excluding hydrogens is 390 g/mol. The van der Waals surface area contributed by atoms with Gasteiger partial charge in [-0.3, -0.25) is 29.4 Å². The van der Waals surface area contributed by atoms with Crippen LogP contribution in [-0.4, -0.2) is 66.9 Å². The van der Waals surface area contributed by atoms with E-state index in [4.69, 9.17) is 4.74 Å². The van der Waals surface area contributed by atoms with Gasteiger partial charge in [-0.1, -0.05) is 6.07 Å². The second kappa shape index (κ2) is 8.40. The Labute approximate surface area is 164 Å². The molecule has 2 heterocycles. The smallest absolute Gasteiger partial charge is 0.325 e. The molecule has 1 aromatic carbocycles. The molecule has 0 atom stereocenters. The topological polar surface area (TPSA) is 119 Å². The standard InChI is InChI=1S/C17H17N3O7S/c1-26-15(21)10-19-16(22)14(28-17(19)23)9-11-2-3-12(13(8-11)20(24)25)18-4-6-27-7-5-18/h2-3,8-9H,4-7,10H2,1H3/b14-9-. The van der Waals surface area contributed by atoms with E-state index in [0.29, 0.717) is 49.3 Å². The zero-order valence-electron chi connectivity index (χ0n) is 15.0. The van der Waals surface area contributed by atoms with Crippen molar-refractivity contribution in [3.63, 3.8) is 0 Å². The molecule has 2 fully saturated rings. The fraction of sp³-hybridized carbons (Fsp3) is 0.353. The minimum absolute atomic E-state index is 0.0855. The first-order valence-electron chi connectivity index (χ1n) is 8.34. The van der Waals surface area contributed by atoms with Gasteiger partial charge in [-0.25, -0.2) is 0 Å². The van der Waals surface area contributed by atoms with E-state index in [1.807, 2.05) is 4.90 Å². The average molecular weight is 407 g/mol. The third-order valence-corrected chi connectivity index (χ3v) is 5.14. The van der Waals surface area contributed by atoms with E-state index in [2.05, 4.69) is 4.74 Å². The summed E-state index contributed by atoms with van der Waals surface area (Å²) in [5.41, 5.74) is 0.793. The van der Waals surface area contributed by atoms with Crippen LogP contribution in [0.25, 0.3) is 6.08 Å². The van der Waals surface area contributed by atoms with Crippen molar-refractivity contribution in [1.29, 1.82) is 0 Å². The van der Waals surface area contributed by atoms with Crippen LogP contribution in [0.5, 0.6) is 0 Å². The molecule has 0 bridgehead atoms. The Morgan fingerprint density at radius 2 is 2.07 bits per heavy atom. The third-order valence-electron chi connectivity index (χ3n) is 4.23. The molecule has 0 aliphatic carbocycles. The first-order chi connectivity index (χ1) is 13.4. The minimum Gasteiger partial charge on any atom is -0.468 e. The van der Waals surface area contributed by atoms with Crippen molar-refractivity contribution in [2.24, 2.45) is 0 Å². The number of carbonyl (C=O) groups excluding carboxylic acids is 3. The minimum atomic E-state index is -0.714. The second-order valence-electron chi connectivity index (χ2n) is 5.95. The lowest BCUT2D eigenvalue weighted by atomic mass is 10.1. The number of methoxy groups -OCH3 is 1. The lowest BCUT2D eigenvalue weighted by molar-refractivity contribution is -0.384. The van der Waals surface area contributed by atoms with E-state index >= 15 is 0 Å². The summed E-state index contributed by atoms with van der Waals surface area (Å²) in [7, 11) is 1.16. The summed E-state index contributed by atoms with van der Waals surface area (Å²) in [6.45, 7) is 1.60. The Morgan fingerprint density at radius 3 is 2.71 bits per heavy atom. The van der Waals surface area contributed by atoms with Crippen LogP contribution in [-0.2, 0) is 19.1 Å². The number of morpholine rings is 1. The van der Waals surface area contributed by atoms with E-state index in [-0.39, 0.29) is 10.6 Å². The molecule has 3 rings (SSSR count). The van der Waals surface area contributed by atoms with Crippen LogP contribution >= 0.6 is 11.8 Å². The monoisotopic (exact) mass is 407 g/mol. The number of nitro groups is 1. The van der Waals surface area contributed by atoms with Gasteiger partial charge in [0.15, 0.2) is 0 Å². The summed E-state index contributed by atoms with van der Waals surface area (Å²) < 4.78 is 9.74. The van der Waals surface area contributed by atoms with Crippen molar-refractivity contribution >= 4 is 46.3 Å². The quantitative estimate of drug-likeness (QED) is 0.310. The molecule has 0 unspecified atom stereocenters. The molecule has 0 spiro atoms. The van der Waals surface area contributed by atoms with Crippen LogP contribution in [0.3, 0.4) is 0 Å². The van der Waals surface area contributed by atoms with Gasteiger partial charge in [-0.05, 0) is 29.5 Å². The first-order valence-corrected chi connectivity index (χ1v) is 9.15. The first kappa shape index (κ1) is 19.8. The Kier molecular flexibility index (Phi) is 5.95. The van der Waals surface area contributed by atoms with Gasteiger partial charge in [0.05, 0.1) is 30.2 Å². The number of imide groups is 1. The maximum Gasteiger partial charge on any atom is 0.325 e. The average Bonchev–Trinajstić information content (AvgIpc) is 2.95. The van der Waals surface area contributed by atoms with E-state index in [9.17, 15) is 24.5 Å². The number of nitro benzene ring substituents is 1. The number of nitrogens with zero attached hydrogens (tertiary/aromatic N) is 3. The molecule has 10 nitrogen and oxygen atoms in total. The number of hydrogen-bond acceptors (Lipinski definition) is 9. The molecule has 2 aliphatic rings. The molecule has 2 amide bonds. The highest BCUT2D eigenvalue weighted by Crippen LogP contribution is 2.35. The third kappa shape index (κ3) is 4.15. The summed E-state index contributed by atoms with van der Waals surface area (Å²) >= 11 is 0.670. The van der Waals surface area contributed by atoms with Crippen molar-refractivity contribution in [3.05, 3.63) is 38.8 Å². The van der Waals surface area contributed by atoms with Crippen LogP contribution < -0.4 is 4.90 Å². The van der Waals surface area contributed by atoms with Gasteiger partial charge in [-0.15, -0.1) is 0 Å². The van der Waals surface area contributed by atoms with Crippen molar-refractivity contribution < 1.29 is 28.8 Å². The normalized spacial score (nSPS) is 18.7. The van der Waals surface area contributed by atoms with Crippen LogP contribution in [0.4, 0.5) is 16.2 Å². The number of rotatable bonds is 5. The van der Waals surface area contributed by atoms with Gasteiger partial charge in [0.2, 0.25) is 0 Å².